The molecule has 1 aliphatic heterocycles. The molecule has 1 aliphatic rings. The molecule has 0 amide bonds. The van der Waals surface area contributed by atoms with Crippen molar-refractivity contribution in [3.8, 4) is 11.4 Å². The number of nitrogens with one attached hydrogen (secondary N) is 1. The molecule has 0 unspecified atom stereocenters. The van der Waals surface area contributed by atoms with E-state index in [4.69, 9.17) is 19.8 Å². The predicted molar refractivity (Wildman–Crippen MR) is 114 cm³/mol. The number of hydrogen-bond acceptors (Lipinski definition) is 4. The van der Waals surface area contributed by atoms with Gasteiger partial charge in [0.15, 0.2) is 0 Å². The molecule has 32 heavy (non-hydrogen) atoms. The van der Waals surface area contributed by atoms with Gasteiger partial charge in [-0.15, -0.1) is 0 Å². The second-order valence-corrected chi connectivity index (χ2v) is 7.42. The number of carbonyl (C=O) groups is 2. The molecule has 10 heteroatoms. The minimum absolute atomic E-state index is 0.275. The molecule has 2 atom stereocenters. The van der Waals surface area contributed by atoms with Gasteiger partial charge in [0, 0.05) is 43.9 Å². The summed E-state index contributed by atoms with van der Waals surface area (Å²) in [6.45, 7) is 5.32. The van der Waals surface area contributed by atoms with Crippen LogP contribution in [0.3, 0.4) is 0 Å². The van der Waals surface area contributed by atoms with Gasteiger partial charge in [-0.2, -0.15) is 13.2 Å². The van der Waals surface area contributed by atoms with Crippen LogP contribution in [-0.4, -0.2) is 50.5 Å². The minimum Gasteiger partial charge on any atom is -0.481 e. The summed E-state index contributed by atoms with van der Waals surface area (Å²) in [6, 6.07) is 7.44. The molecule has 0 saturated carbocycles. The first-order chi connectivity index (χ1) is 14.9. The number of aliphatic carboxylic acids is 2. The summed E-state index contributed by atoms with van der Waals surface area (Å²) in [5, 5.41) is 18.3. The third-order valence-electron chi connectivity index (χ3n) is 4.64. The molecule has 0 aliphatic carbocycles. The number of piperidine rings is 1. The zero-order valence-corrected chi connectivity index (χ0v) is 18.4. The fourth-order valence-electron chi connectivity index (χ4n) is 3.38. The van der Waals surface area contributed by atoms with Crippen molar-refractivity contribution < 1.29 is 33.0 Å². The highest BCUT2D eigenvalue weighted by Gasteiger charge is 2.27. The second kappa shape index (κ2) is 12.8. The summed E-state index contributed by atoms with van der Waals surface area (Å²) < 4.78 is 39.6. The Labute approximate surface area is 185 Å². The maximum absolute atomic E-state index is 12.5. The van der Waals surface area contributed by atoms with E-state index in [9.17, 15) is 13.2 Å². The molecule has 7 nitrogen and oxygen atoms in total. The maximum Gasteiger partial charge on any atom is 0.393 e. The summed E-state index contributed by atoms with van der Waals surface area (Å²) in [5.74, 6) is -0.838. The molecule has 0 radical (unpaired) electrons. The number of aromatic nitrogens is 2. The number of rotatable bonds is 4. The molecule has 3 N–H and O–H groups in total. The minimum atomic E-state index is -4.18. The quantitative estimate of drug-likeness (QED) is 0.623. The van der Waals surface area contributed by atoms with Crippen LogP contribution in [-0.2, 0) is 16.0 Å². The fraction of sp³-hybridized carbons (Fsp3) is 0.500. The normalized spacial score (nSPS) is 17.9. The topological polar surface area (TPSA) is 104 Å². The number of nitrogens with zero attached hydrogens (tertiary/aromatic N) is 2. The lowest BCUT2D eigenvalue weighted by atomic mass is 9.97. The van der Waals surface area contributed by atoms with Crippen molar-refractivity contribution in [1.29, 1.82) is 0 Å². The van der Waals surface area contributed by atoms with Crippen molar-refractivity contribution in [3.05, 3.63) is 42.2 Å². The number of halogens is 3. The third-order valence-corrected chi connectivity index (χ3v) is 4.64. The Kier molecular flexibility index (Phi) is 10.9. The number of benzene rings is 1. The number of alkyl halides is 3. The van der Waals surface area contributed by atoms with Crippen molar-refractivity contribution in [2.75, 3.05) is 6.54 Å². The molecular weight excluding hydrogens is 427 g/mol. The van der Waals surface area contributed by atoms with Crippen LogP contribution in [0.5, 0.6) is 0 Å². The lowest BCUT2D eigenvalue weighted by Gasteiger charge is -2.31. The zero-order valence-electron chi connectivity index (χ0n) is 18.4. The van der Waals surface area contributed by atoms with Gasteiger partial charge in [-0.05, 0) is 31.4 Å². The second-order valence-electron chi connectivity index (χ2n) is 7.42. The molecule has 2 heterocycles. The Morgan fingerprint density at radius 1 is 1.16 bits per heavy atom. The van der Waals surface area contributed by atoms with E-state index >= 15 is 0 Å². The zero-order chi connectivity index (χ0) is 24.3. The average Bonchev–Trinajstić information content (AvgIpc) is 3.16. The maximum atomic E-state index is 12.5. The fourth-order valence-corrected chi connectivity index (χ4v) is 3.38. The first kappa shape index (κ1) is 27.2. The van der Waals surface area contributed by atoms with Crippen LogP contribution in [0.1, 0.15) is 51.6 Å². The summed E-state index contributed by atoms with van der Waals surface area (Å²) in [6.07, 6.45) is 1.84. The highest BCUT2D eigenvalue weighted by molar-refractivity contribution is 5.63. The molecule has 1 fully saturated rings. The van der Waals surface area contributed by atoms with Crippen LogP contribution in [0.2, 0.25) is 0 Å². The smallest absolute Gasteiger partial charge is 0.393 e. The van der Waals surface area contributed by atoms with E-state index < -0.39 is 24.5 Å². The van der Waals surface area contributed by atoms with Crippen LogP contribution in [0.25, 0.3) is 11.4 Å². The number of carboxylic acids is 2. The summed E-state index contributed by atoms with van der Waals surface area (Å²) in [5.41, 5.74) is 1.13. The van der Waals surface area contributed by atoms with Gasteiger partial charge in [0.2, 0.25) is 0 Å². The van der Waals surface area contributed by atoms with Crippen LogP contribution in [0.15, 0.2) is 36.7 Å². The number of hydrogen-bond donors (Lipinski definition) is 3. The monoisotopic (exact) mass is 457 g/mol. The lowest BCUT2D eigenvalue weighted by molar-refractivity contribution is -0.135. The van der Waals surface area contributed by atoms with Crippen molar-refractivity contribution >= 4 is 11.9 Å². The van der Waals surface area contributed by atoms with Gasteiger partial charge >= 0.3 is 6.18 Å². The van der Waals surface area contributed by atoms with Gasteiger partial charge in [-0.25, -0.2) is 4.98 Å². The van der Waals surface area contributed by atoms with E-state index in [1.54, 1.807) is 30.5 Å². The number of imidazole rings is 1. The summed E-state index contributed by atoms with van der Waals surface area (Å²) in [7, 11) is 0. The van der Waals surface area contributed by atoms with E-state index in [0.29, 0.717) is 12.1 Å². The van der Waals surface area contributed by atoms with Crippen LogP contribution < -0.4 is 5.32 Å². The molecule has 2 aromatic rings. The largest absolute Gasteiger partial charge is 0.481 e. The molecule has 0 bridgehead atoms. The lowest BCUT2D eigenvalue weighted by Crippen LogP contribution is -2.38. The summed E-state index contributed by atoms with van der Waals surface area (Å²) in [4.78, 5) is 22.4. The predicted octanol–water partition coefficient (Wildman–Crippen LogP) is 4.54. The van der Waals surface area contributed by atoms with Crippen LogP contribution in [0.4, 0.5) is 13.2 Å². The number of carboxylic acid groups (broad SMARTS) is 2. The van der Waals surface area contributed by atoms with Gasteiger partial charge in [-0.3, -0.25) is 9.59 Å². The van der Waals surface area contributed by atoms with Crippen molar-refractivity contribution in [3.63, 3.8) is 0 Å². The van der Waals surface area contributed by atoms with Gasteiger partial charge in [0.05, 0.1) is 6.42 Å². The van der Waals surface area contributed by atoms with Crippen molar-refractivity contribution in [2.45, 2.75) is 64.7 Å². The standard InChI is InChI=1S/C18H22F3N3.2C2H4O2/c1-2-15-11-16(7-8-22-15)24-10-9-23-17(24)14-5-3-13(4-6-14)12-18(19,20)21;2*1-2(3)4/h3-6,9-10,15-16,22H,2,7-8,11-12H2,1H3;2*1H3,(H,3,4)/t15-,16-;;/m1../s1. The Balaban J connectivity index is 0.000000554. The SMILES string of the molecule is CC(=O)O.CC(=O)O.CC[C@@H]1C[C@H](n2ccnc2-c2ccc(CC(F)(F)F)cc2)CCN1. The van der Waals surface area contributed by atoms with Crippen molar-refractivity contribution in [2.24, 2.45) is 0 Å². The molecular formula is C22H30F3N3O4. The molecule has 178 valence electrons. The van der Waals surface area contributed by atoms with E-state index in [2.05, 4.69) is 21.8 Å². The van der Waals surface area contributed by atoms with Gasteiger partial charge in [0.25, 0.3) is 11.9 Å². The Morgan fingerprint density at radius 3 is 2.22 bits per heavy atom. The van der Waals surface area contributed by atoms with E-state index in [0.717, 1.165) is 51.0 Å². The first-order valence-corrected chi connectivity index (χ1v) is 10.2. The third kappa shape index (κ3) is 10.4. The molecule has 1 aromatic carbocycles. The van der Waals surface area contributed by atoms with Crippen LogP contribution in [0, 0.1) is 0 Å². The molecule has 3 rings (SSSR count). The van der Waals surface area contributed by atoms with Crippen LogP contribution >= 0.6 is 0 Å². The molecule has 0 spiro atoms. The highest BCUT2D eigenvalue weighted by Crippen LogP contribution is 2.29. The van der Waals surface area contributed by atoms with Gasteiger partial charge < -0.3 is 20.1 Å². The van der Waals surface area contributed by atoms with Gasteiger partial charge in [-0.1, -0.05) is 31.2 Å². The van der Waals surface area contributed by atoms with E-state index in [-0.39, 0.29) is 5.56 Å². The Morgan fingerprint density at radius 2 is 1.72 bits per heavy atom. The van der Waals surface area contributed by atoms with E-state index in [1.807, 2.05) is 6.20 Å². The highest BCUT2D eigenvalue weighted by atomic mass is 19.4. The average molecular weight is 457 g/mol. The molecule has 1 aromatic heterocycles. The Bertz CT molecular complexity index is 831. The van der Waals surface area contributed by atoms with Gasteiger partial charge in [0.1, 0.15) is 5.82 Å². The van der Waals surface area contributed by atoms with E-state index in [1.165, 1.54) is 0 Å². The molecule has 1 saturated heterocycles. The van der Waals surface area contributed by atoms with Crippen molar-refractivity contribution in [1.82, 2.24) is 14.9 Å². The first-order valence-electron chi connectivity index (χ1n) is 10.2. The summed E-state index contributed by atoms with van der Waals surface area (Å²) >= 11 is 0. The Hall–Kier alpha value is -2.88.